The number of sulfonamides is 1. The van der Waals surface area contributed by atoms with Crippen LogP contribution in [0.25, 0.3) is 0 Å². The minimum absolute atomic E-state index is 0.0368. The van der Waals surface area contributed by atoms with Crippen molar-refractivity contribution in [3.63, 3.8) is 0 Å². The van der Waals surface area contributed by atoms with Gasteiger partial charge in [-0.2, -0.15) is 5.10 Å². The molecule has 2 N–H and O–H groups in total. The van der Waals surface area contributed by atoms with E-state index in [0.29, 0.717) is 5.75 Å². The zero-order valence-electron chi connectivity index (χ0n) is 16.3. The van der Waals surface area contributed by atoms with Gasteiger partial charge in [0.15, 0.2) is 5.76 Å². The Morgan fingerprint density at radius 2 is 1.75 bits per heavy atom. The molecule has 0 saturated carbocycles. The van der Waals surface area contributed by atoms with Crippen LogP contribution in [0.1, 0.15) is 5.76 Å². The molecule has 0 aliphatic carbocycles. The van der Waals surface area contributed by atoms with Crippen LogP contribution in [0.5, 0.6) is 5.75 Å². The van der Waals surface area contributed by atoms with Crippen LogP contribution in [0.15, 0.2) is 69.0 Å². The van der Waals surface area contributed by atoms with Crippen molar-refractivity contribution in [1.82, 2.24) is 0 Å². The molecule has 0 radical (unpaired) electrons. The molecule has 166 valence electrons. The van der Waals surface area contributed by atoms with Crippen LogP contribution < -0.4 is 14.9 Å². The van der Waals surface area contributed by atoms with E-state index in [-0.39, 0.29) is 22.0 Å². The summed E-state index contributed by atoms with van der Waals surface area (Å²) in [6.45, 7) is 0. The molecule has 3 rings (SSSR count). The summed E-state index contributed by atoms with van der Waals surface area (Å²) in [5, 5.41) is 25.8. The summed E-state index contributed by atoms with van der Waals surface area (Å²) in [6, 6.07) is 11.7. The number of nitro benzene ring substituents is 1. The number of hydrogen-bond acceptors (Lipinski definition) is 10. The highest BCUT2D eigenvalue weighted by atomic mass is 32.2. The van der Waals surface area contributed by atoms with Gasteiger partial charge in [0, 0.05) is 11.8 Å². The van der Waals surface area contributed by atoms with Gasteiger partial charge < -0.3 is 9.15 Å². The standard InChI is InChI=1S/C18H15N5O8S/c1-30-13-4-2-12(3-5-13)21-32(28,29)15-7-8-16(17(10-15)22(24)25)20-19-11-14-6-9-18(31-14)23(26)27/h2-11,20-21H,1H3/b19-11-. The quantitative estimate of drug-likeness (QED) is 0.274. The second kappa shape index (κ2) is 9.13. The van der Waals surface area contributed by atoms with Crippen molar-refractivity contribution in [2.75, 3.05) is 17.3 Å². The van der Waals surface area contributed by atoms with E-state index >= 15 is 0 Å². The fourth-order valence-corrected chi connectivity index (χ4v) is 3.55. The van der Waals surface area contributed by atoms with Gasteiger partial charge >= 0.3 is 5.88 Å². The fraction of sp³-hybridized carbons (Fsp3) is 0.0556. The molecular formula is C18H15N5O8S. The Balaban J connectivity index is 1.80. The van der Waals surface area contributed by atoms with Gasteiger partial charge in [-0.3, -0.25) is 30.4 Å². The Kier molecular flexibility index (Phi) is 6.34. The van der Waals surface area contributed by atoms with Crippen LogP contribution in [0.3, 0.4) is 0 Å². The Labute approximate surface area is 180 Å². The van der Waals surface area contributed by atoms with E-state index in [1.54, 1.807) is 12.1 Å². The van der Waals surface area contributed by atoms with Gasteiger partial charge in [0.25, 0.3) is 15.7 Å². The van der Waals surface area contributed by atoms with Gasteiger partial charge in [0.05, 0.1) is 29.2 Å². The molecule has 0 atom stereocenters. The molecule has 0 unspecified atom stereocenters. The monoisotopic (exact) mass is 461 g/mol. The summed E-state index contributed by atoms with van der Waals surface area (Å²) in [6.07, 6.45) is 1.08. The van der Waals surface area contributed by atoms with E-state index in [0.717, 1.165) is 24.4 Å². The van der Waals surface area contributed by atoms with Crippen LogP contribution in [-0.4, -0.2) is 31.6 Å². The number of hydrogen-bond donors (Lipinski definition) is 2. The highest BCUT2D eigenvalue weighted by Gasteiger charge is 2.21. The molecule has 14 heteroatoms. The van der Waals surface area contributed by atoms with Crippen molar-refractivity contribution < 1.29 is 27.4 Å². The summed E-state index contributed by atoms with van der Waals surface area (Å²) in [7, 11) is -2.65. The van der Waals surface area contributed by atoms with Crippen molar-refractivity contribution in [2.24, 2.45) is 5.10 Å². The summed E-state index contributed by atoms with van der Waals surface area (Å²) >= 11 is 0. The first-order valence-electron chi connectivity index (χ1n) is 8.68. The minimum Gasteiger partial charge on any atom is -0.497 e. The van der Waals surface area contributed by atoms with Crippen LogP contribution >= 0.6 is 0 Å². The van der Waals surface area contributed by atoms with Gasteiger partial charge in [0.1, 0.15) is 16.4 Å². The molecule has 1 aromatic heterocycles. The Hall–Kier alpha value is -4.46. The summed E-state index contributed by atoms with van der Waals surface area (Å²) in [5.41, 5.74) is 1.98. The van der Waals surface area contributed by atoms with Crippen molar-refractivity contribution in [3.8, 4) is 5.75 Å². The summed E-state index contributed by atoms with van der Waals surface area (Å²) in [4.78, 5) is 20.2. The fourth-order valence-electron chi connectivity index (χ4n) is 2.47. The first-order chi connectivity index (χ1) is 15.2. The van der Waals surface area contributed by atoms with Crippen molar-refractivity contribution >= 4 is 39.2 Å². The molecule has 0 fully saturated rings. The molecule has 2 aromatic carbocycles. The van der Waals surface area contributed by atoms with Crippen LogP contribution in [0.4, 0.5) is 22.9 Å². The first kappa shape index (κ1) is 22.2. The average Bonchev–Trinajstić information content (AvgIpc) is 3.23. The zero-order valence-corrected chi connectivity index (χ0v) is 17.1. The first-order valence-corrected chi connectivity index (χ1v) is 10.2. The second-order valence-electron chi connectivity index (χ2n) is 6.07. The molecule has 0 aliphatic heterocycles. The number of methoxy groups -OCH3 is 1. The maximum Gasteiger partial charge on any atom is 0.433 e. The number of hydrazone groups is 1. The lowest BCUT2D eigenvalue weighted by Crippen LogP contribution is -2.13. The number of rotatable bonds is 9. The van der Waals surface area contributed by atoms with E-state index in [9.17, 15) is 28.6 Å². The third-order valence-corrected chi connectivity index (χ3v) is 5.37. The Morgan fingerprint density at radius 1 is 1.03 bits per heavy atom. The maximum absolute atomic E-state index is 12.6. The van der Waals surface area contributed by atoms with E-state index < -0.39 is 31.4 Å². The van der Waals surface area contributed by atoms with Gasteiger partial charge in [-0.25, -0.2) is 8.42 Å². The van der Waals surface area contributed by atoms with E-state index in [2.05, 4.69) is 15.2 Å². The summed E-state index contributed by atoms with van der Waals surface area (Å²) in [5.74, 6) is 0.0785. The zero-order chi connectivity index (χ0) is 23.3. The van der Waals surface area contributed by atoms with Gasteiger partial charge in [0.2, 0.25) is 0 Å². The number of benzene rings is 2. The van der Waals surface area contributed by atoms with Crippen molar-refractivity contribution in [2.45, 2.75) is 4.90 Å². The number of furan rings is 1. The van der Waals surface area contributed by atoms with Gasteiger partial charge in [-0.15, -0.1) is 0 Å². The van der Waals surface area contributed by atoms with Crippen LogP contribution in [0, 0.1) is 20.2 Å². The third-order valence-electron chi connectivity index (χ3n) is 3.99. The van der Waals surface area contributed by atoms with Crippen molar-refractivity contribution in [1.29, 1.82) is 0 Å². The predicted molar refractivity (Wildman–Crippen MR) is 113 cm³/mol. The second-order valence-corrected chi connectivity index (χ2v) is 7.76. The number of nitrogens with zero attached hydrogens (tertiary/aromatic N) is 3. The van der Waals surface area contributed by atoms with E-state index in [1.807, 2.05) is 0 Å². The Bertz CT molecular complexity index is 1280. The lowest BCUT2D eigenvalue weighted by Gasteiger charge is -2.10. The molecule has 0 bridgehead atoms. The SMILES string of the molecule is COc1ccc(NS(=O)(=O)c2ccc(N/N=C\c3ccc([N+](=O)[O-])o3)c([N+](=O)[O-])c2)cc1. The molecule has 3 aromatic rings. The molecule has 0 amide bonds. The molecule has 0 spiro atoms. The lowest BCUT2D eigenvalue weighted by molar-refractivity contribution is -0.402. The summed E-state index contributed by atoms with van der Waals surface area (Å²) < 4.78 is 37.4. The highest BCUT2D eigenvalue weighted by molar-refractivity contribution is 7.92. The van der Waals surface area contributed by atoms with Gasteiger partial charge in [-0.05, 0) is 42.5 Å². The minimum atomic E-state index is -4.11. The smallest absolute Gasteiger partial charge is 0.433 e. The Morgan fingerprint density at radius 3 is 2.34 bits per heavy atom. The largest absolute Gasteiger partial charge is 0.497 e. The van der Waals surface area contributed by atoms with Crippen molar-refractivity contribution in [3.05, 3.63) is 80.6 Å². The maximum atomic E-state index is 12.6. The number of nitro groups is 2. The molecular weight excluding hydrogens is 446 g/mol. The van der Waals surface area contributed by atoms with E-state index in [1.165, 1.54) is 31.4 Å². The third kappa shape index (κ3) is 5.17. The van der Waals surface area contributed by atoms with Crippen LogP contribution in [-0.2, 0) is 10.0 Å². The highest BCUT2D eigenvalue weighted by Crippen LogP contribution is 2.29. The number of anilines is 2. The van der Waals surface area contributed by atoms with E-state index in [4.69, 9.17) is 9.15 Å². The molecule has 0 saturated heterocycles. The number of nitrogens with one attached hydrogen (secondary N) is 2. The normalized spacial score (nSPS) is 11.3. The average molecular weight is 461 g/mol. The topological polar surface area (TPSA) is 179 Å². The number of ether oxygens (including phenoxy) is 1. The molecule has 13 nitrogen and oxygen atoms in total. The molecule has 1 heterocycles. The predicted octanol–water partition coefficient (Wildman–Crippen LogP) is 3.35. The lowest BCUT2D eigenvalue weighted by atomic mass is 10.3. The van der Waals surface area contributed by atoms with Gasteiger partial charge in [-0.1, -0.05) is 0 Å². The van der Waals surface area contributed by atoms with Crippen LogP contribution in [0.2, 0.25) is 0 Å². The molecule has 32 heavy (non-hydrogen) atoms. The molecule has 0 aliphatic rings.